The predicted octanol–water partition coefficient (Wildman–Crippen LogP) is 0.725. The van der Waals surface area contributed by atoms with Gasteiger partial charge in [-0.25, -0.2) is 0 Å². The van der Waals surface area contributed by atoms with E-state index in [1.807, 2.05) is 32.2 Å². The van der Waals surface area contributed by atoms with Gasteiger partial charge in [0.15, 0.2) is 0 Å². The second-order valence-corrected chi connectivity index (χ2v) is 4.54. The van der Waals surface area contributed by atoms with Gasteiger partial charge in [-0.05, 0) is 38.4 Å². The minimum Gasteiger partial charge on any atom is -0.369 e. The number of nitrogens with two attached hydrogens (primary N) is 1. The van der Waals surface area contributed by atoms with Gasteiger partial charge in [-0.1, -0.05) is 6.07 Å². The number of carbonyl (C=O) groups is 1. The molecule has 0 radical (unpaired) electrons. The first-order valence-corrected chi connectivity index (χ1v) is 5.42. The zero-order valence-electron chi connectivity index (χ0n) is 9.86. The Balaban J connectivity index is 2.25. The van der Waals surface area contributed by atoms with Crippen molar-refractivity contribution in [3.63, 3.8) is 0 Å². The van der Waals surface area contributed by atoms with E-state index in [0.717, 1.165) is 13.0 Å². The van der Waals surface area contributed by atoms with E-state index in [0.29, 0.717) is 6.54 Å². The molecule has 88 valence electrons. The van der Waals surface area contributed by atoms with Gasteiger partial charge in [-0.2, -0.15) is 0 Å². The number of primary amides is 1. The third-order valence-corrected chi connectivity index (χ3v) is 2.55. The Morgan fingerprint density at radius 3 is 2.88 bits per heavy atom. The second kappa shape index (κ2) is 5.61. The SMILES string of the molecule is CC(C)(CNCCc1cccnc1)C(N)=O. The van der Waals surface area contributed by atoms with E-state index < -0.39 is 5.41 Å². The molecule has 16 heavy (non-hydrogen) atoms. The molecule has 1 rings (SSSR count). The summed E-state index contributed by atoms with van der Waals surface area (Å²) in [6, 6.07) is 3.95. The summed E-state index contributed by atoms with van der Waals surface area (Å²) < 4.78 is 0. The number of carbonyl (C=O) groups excluding carboxylic acids is 1. The van der Waals surface area contributed by atoms with Gasteiger partial charge in [0.1, 0.15) is 0 Å². The lowest BCUT2D eigenvalue weighted by atomic mass is 9.93. The van der Waals surface area contributed by atoms with Crippen LogP contribution < -0.4 is 11.1 Å². The van der Waals surface area contributed by atoms with Crippen LogP contribution in [0.5, 0.6) is 0 Å². The molecule has 1 heterocycles. The van der Waals surface area contributed by atoms with Crippen LogP contribution in [0.3, 0.4) is 0 Å². The minimum atomic E-state index is -0.491. The molecule has 1 aromatic rings. The van der Waals surface area contributed by atoms with Crippen molar-refractivity contribution in [1.82, 2.24) is 10.3 Å². The summed E-state index contributed by atoms with van der Waals surface area (Å²) in [6.07, 6.45) is 4.51. The lowest BCUT2D eigenvalue weighted by Gasteiger charge is -2.20. The van der Waals surface area contributed by atoms with E-state index in [4.69, 9.17) is 5.73 Å². The first kappa shape index (κ1) is 12.6. The molecule has 0 saturated carbocycles. The molecule has 0 unspecified atom stereocenters. The van der Waals surface area contributed by atoms with Crippen LogP contribution in [0.1, 0.15) is 19.4 Å². The van der Waals surface area contributed by atoms with Crippen LogP contribution in [0.4, 0.5) is 0 Å². The van der Waals surface area contributed by atoms with Crippen LogP contribution >= 0.6 is 0 Å². The molecule has 0 bridgehead atoms. The van der Waals surface area contributed by atoms with Gasteiger partial charge in [0, 0.05) is 18.9 Å². The lowest BCUT2D eigenvalue weighted by Crippen LogP contribution is -2.40. The third-order valence-electron chi connectivity index (χ3n) is 2.55. The summed E-state index contributed by atoms with van der Waals surface area (Å²) in [5.41, 5.74) is 5.97. The topological polar surface area (TPSA) is 68.0 Å². The molecule has 0 aliphatic rings. The van der Waals surface area contributed by atoms with Gasteiger partial charge in [-0.15, -0.1) is 0 Å². The normalized spacial score (nSPS) is 11.4. The fourth-order valence-corrected chi connectivity index (χ4v) is 1.27. The Hall–Kier alpha value is -1.42. The molecule has 0 aromatic carbocycles. The first-order valence-electron chi connectivity index (χ1n) is 5.42. The number of rotatable bonds is 6. The zero-order valence-corrected chi connectivity index (χ0v) is 9.86. The number of pyridine rings is 1. The van der Waals surface area contributed by atoms with Crippen LogP contribution in [0.25, 0.3) is 0 Å². The number of amides is 1. The molecule has 0 atom stereocenters. The van der Waals surface area contributed by atoms with E-state index in [1.165, 1.54) is 5.56 Å². The van der Waals surface area contributed by atoms with E-state index in [2.05, 4.69) is 10.3 Å². The van der Waals surface area contributed by atoms with Crippen LogP contribution in [-0.2, 0) is 11.2 Å². The summed E-state index contributed by atoms with van der Waals surface area (Å²) in [5, 5.41) is 3.23. The number of hydrogen-bond donors (Lipinski definition) is 2. The van der Waals surface area contributed by atoms with Crippen molar-refractivity contribution in [2.45, 2.75) is 20.3 Å². The average molecular weight is 221 g/mol. The maximum Gasteiger partial charge on any atom is 0.224 e. The maximum atomic E-state index is 11.1. The summed E-state index contributed by atoms with van der Waals surface area (Å²) in [7, 11) is 0. The molecule has 0 fully saturated rings. The summed E-state index contributed by atoms with van der Waals surface area (Å²) in [5.74, 6) is -0.277. The Morgan fingerprint density at radius 1 is 1.56 bits per heavy atom. The van der Waals surface area contributed by atoms with E-state index in [1.54, 1.807) is 6.20 Å². The van der Waals surface area contributed by atoms with E-state index >= 15 is 0 Å². The maximum absolute atomic E-state index is 11.1. The highest BCUT2D eigenvalue weighted by Crippen LogP contribution is 2.11. The lowest BCUT2D eigenvalue weighted by molar-refractivity contribution is -0.125. The van der Waals surface area contributed by atoms with Crippen molar-refractivity contribution in [2.24, 2.45) is 11.1 Å². The number of hydrogen-bond acceptors (Lipinski definition) is 3. The van der Waals surface area contributed by atoms with Gasteiger partial charge >= 0.3 is 0 Å². The van der Waals surface area contributed by atoms with Crippen LogP contribution in [0.15, 0.2) is 24.5 Å². The summed E-state index contributed by atoms with van der Waals surface area (Å²) >= 11 is 0. The predicted molar refractivity (Wildman–Crippen MR) is 63.8 cm³/mol. The van der Waals surface area contributed by atoms with Crippen molar-refractivity contribution < 1.29 is 4.79 Å². The molecular weight excluding hydrogens is 202 g/mol. The number of nitrogens with zero attached hydrogens (tertiary/aromatic N) is 1. The van der Waals surface area contributed by atoms with Crippen LogP contribution in [-0.4, -0.2) is 24.0 Å². The first-order chi connectivity index (χ1) is 7.52. The standard InChI is InChI=1S/C12H19N3O/c1-12(2,11(13)16)9-15-7-5-10-4-3-6-14-8-10/h3-4,6,8,15H,5,7,9H2,1-2H3,(H2,13,16). The van der Waals surface area contributed by atoms with Crippen LogP contribution in [0, 0.1) is 5.41 Å². The molecule has 0 saturated heterocycles. The monoisotopic (exact) mass is 221 g/mol. The van der Waals surface area contributed by atoms with E-state index in [9.17, 15) is 4.79 Å². The Bertz CT molecular complexity index is 335. The van der Waals surface area contributed by atoms with Crippen molar-refractivity contribution in [3.8, 4) is 0 Å². The second-order valence-electron chi connectivity index (χ2n) is 4.54. The molecule has 1 aromatic heterocycles. The molecule has 0 spiro atoms. The van der Waals surface area contributed by atoms with Gasteiger partial charge in [-0.3, -0.25) is 9.78 Å². The Kier molecular flexibility index (Phi) is 4.43. The van der Waals surface area contributed by atoms with Crippen molar-refractivity contribution in [3.05, 3.63) is 30.1 Å². The Morgan fingerprint density at radius 2 is 2.31 bits per heavy atom. The van der Waals surface area contributed by atoms with Crippen molar-refractivity contribution in [2.75, 3.05) is 13.1 Å². The van der Waals surface area contributed by atoms with Crippen LogP contribution in [0.2, 0.25) is 0 Å². The smallest absolute Gasteiger partial charge is 0.224 e. The summed E-state index contributed by atoms with van der Waals surface area (Å²) in [4.78, 5) is 15.1. The third kappa shape index (κ3) is 3.98. The molecule has 3 N–H and O–H groups in total. The largest absolute Gasteiger partial charge is 0.369 e. The molecule has 0 aliphatic carbocycles. The fourth-order valence-electron chi connectivity index (χ4n) is 1.27. The highest BCUT2D eigenvalue weighted by atomic mass is 16.1. The zero-order chi connectivity index (χ0) is 12.0. The van der Waals surface area contributed by atoms with E-state index in [-0.39, 0.29) is 5.91 Å². The number of aromatic nitrogens is 1. The van der Waals surface area contributed by atoms with Crippen molar-refractivity contribution >= 4 is 5.91 Å². The highest BCUT2D eigenvalue weighted by Gasteiger charge is 2.23. The fraction of sp³-hybridized carbons (Fsp3) is 0.500. The minimum absolute atomic E-state index is 0.277. The van der Waals surface area contributed by atoms with Gasteiger partial charge in [0.25, 0.3) is 0 Å². The summed E-state index contributed by atoms with van der Waals surface area (Å²) in [6.45, 7) is 5.10. The average Bonchev–Trinajstić information content (AvgIpc) is 2.26. The molecule has 4 nitrogen and oxygen atoms in total. The van der Waals surface area contributed by atoms with Gasteiger partial charge < -0.3 is 11.1 Å². The Labute approximate surface area is 96.3 Å². The van der Waals surface area contributed by atoms with Gasteiger partial charge in [0.2, 0.25) is 5.91 Å². The molecular formula is C12H19N3O. The highest BCUT2D eigenvalue weighted by molar-refractivity contribution is 5.80. The quantitative estimate of drug-likeness (QED) is 0.696. The molecule has 1 amide bonds. The molecule has 0 aliphatic heterocycles. The van der Waals surface area contributed by atoms with Crippen molar-refractivity contribution in [1.29, 1.82) is 0 Å². The number of nitrogens with one attached hydrogen (secondary N) is 1. The van der Waals surface area contributed by atoms with Gasteiger partial charge in [0.05, 0.1) is 5.41 Å². The molecule has 4 heteroatoms.